The van der Waals surface area contributed by atoms with Crippen molar-refractivity contribution >= 4 is 51.3 Å². The van der Waals surface area contributed by atoms with Crippen LogP contribution in [0.1, 0.15) is 38.5 Å². The van der Waals surface area contributed by atoms with Crippen LogP contribution in [0, 0.1) is 3.57 Å². The van der Waals surface area contributed by atoms with Gasteiger partial charge in [-0.15, -0.1) is 0 Å². The normalized spacial score (nSPS) is 15.4. The molecule has 4 rings (SSSR count). The summed E-state index contributed by atoms with van der Waals surface area (Å²) in [4.78, 5) is 14.5. The Morgan fingerprint density at radius 3 is 2.80 bits per heavy atom. The van der Waals surface area contributed by atoms with Crippen LogP contribution in [0.4, 0.5) is 5.82 Å². The first-order valence-electron chi connectivity index (χ1n) is 10.4. The standard InChI is InChI=1S/C21H27IN6OS/c1-29-15-8-9-16(22)17(12-15)30-21-27-18-19(23)25-13-26-20(18)28(21)11-10-24-14-6-4-2-3-5-7-14/h8-9,12-14,24H,2-7,10-11H2,1H3,(H2,23,25,26). The monoisotopic (exact) mass is 538 g/mol. The lowest BCUT2D eigenvalue weighted by Crippen LogP contribution is -2.31. The van der Waals surface area contributed by atoms with Crippen LogP contribution in [0.5, 0.6) is 5.75 Å². The second-order valence-corrected chi connectivity index (χ2v) is 9.69. The summed E-state index contributed by atoms with van der Waals surface area (Å²) in [6, 6.07) is 6.66. The predicted octanol–water partition coefficient (Wildman–Crippen LogP) is 4.49. The van der Waals surface area contributed by atoms with Gasteiger partial charge in [-0.2, -0.15) is 0 Å². The van der Waals surface area contributed by atoms with Gasteiger partial charge in [0.15, 0.2) is 22.1 Å². The van der Waals surface area contributed by atoms with E-state index in [2.05, 4.69) is 48.5 Å². The topological polar surface area (TPSA) is 90.9 Å². The molecule has 1 aliphatic rings. The highest BCUT2D eigenvalue weighted by Crippen LogP contribution is 2.35. The fourth-order valence-electron chi connectivity index (χ4n) is 3.86. The number of benzene rings is 1. The average molecular weight is 538 g/mol. The Labute approximate surface area is 194 Å². The van der Waals surface area contributed by atoms with Crippen molar-refractivity contribution in [2.75, 3.05) is 19.4 Å². The molecule has 0 aliphatic heterocycles. The lowest BCUT2D eigenvalue weighted by atomic mass is 10.1. The zero-order valence-electron chi connectivity index (χ0n) is 17.1. The maximum absolute atomic E-state index is 6.10. The van der Waals surface area contributed by atoms with E-state index in [0.29, 0.717) is 17.4 Å². The number of imidazole rings is 1. The highest BCUT2D eigenvalue weighted by molar-refractivity contribution is 14.1. The Bertz CT molecular complexity index is 1000. The molecular weight excluding hydrogens is 511 g/mol. The zero-order chi connectivity index (χ0) is 20.9. The summed E-state index contributed by atoms with van der Waals surface area (Å²) in [5.41, 5.74) is 7.54. The van der Waals surface area contributed by atoms with Crippen LogP contribution in [0.2, 0.25) is 0 Å². The highest BCUT2D eigenvalue weighted by atomic mass is 127. The number of anilines is 1. The van der Waals surface area contributed by atoms with Crippen LogP contribution >= 0.6 is 34.4 Å². The van der Waals surface area contributed by atoms with E-state index in [1.807, 2.05) is 12.1 Å². The fourth-order valence-corrected chi connectivity index (χ4v) is 5.49. The molecule has 30 heavy (non-hydrogen) atoms. The Morgan fingerprint density at radius 1 is 1.23 bits per heavy atom. The number of fused-ring (bicyclic) bond motifs is 1. The maximum atomic E-state index is 6.10. The molecule has 2 aromatic heterocycles. The van der Waals surface area contributed by atoms with Crippen molar-refractivity contribution in [3.05, 3.63) is 28.1 Å². The van der Waals surface area contributed by atoms with Gasteiger partial charge in [0.2, 0.25) is 0 Å². The largest absolute Gasteiger partial charge is 0.497 e. The van der Waals surface area contributed by atoms with Crippen molar-refractivity contribution in [1.29, 1.82) is 0 Å². The van der Waals surface area contributed by atoms with Gasteiger partial charge in [0.05, 0.1) is 7.11 Å². The average Bonchev–Trinajstić information content (AvgIpc) is 2.91. The van der Waals surface area contributed by atoms with E-state index in [4.69, 9.17) is 15.5 Å². The van der Waals surface area contributed by atoms with Gasteiger partial charge in [0.25, 0.3) is 0 Å². The van der Waals surface area contributed by atoms with E-state index in [-0.39, 0.29) is 0 Å². The van der Waals surface area contributed by atoms with Crippen molar-refractivity contribution in [1.82, 2.24) is 24.8 Å². The summed E-state index contributed by atoms with van der Waals surface area (Å²) in [7, 11) is 1.68. The van der Waals surface area contributed by atoms with E-state index < -0.39 is 0 Å². The zero-order valence-corrected chi connectivity index (χ0v) is 20.1. The first-order chi connectivity index (χ1) is 14.7. The molecule has 3 aromatic rings. The third kappa shape index (κ3) is 5.00. The molecule has 0 spiro atoms. The first-order valence-corrected chi connectivity index (χ1v) is 12.3. The molecule has 7 nitrogen and oxygen atoms in total. The summed E-state index contributed by atoms with van der Waals surface area (Å²) >= 11 is 3.95. The number of nitrogens with one attached hydrogen (secondary N) is 1. The van der Waals surface area contributed by atoms with Crippen molar-refractivity contribution in [2.24, 2.45) is 0 Å². The van der Waals surface area contributed by atoms with Gasteiger partial charge in [-0.3, -0.25) is 0 Å². The van der Waals surface area contributed by atoms with Gasteiger partial charge in [-0.1, -0.05) is 37.4 Å². The molecule has 1 saturated carbocycles. The minimum Gasteiger partial charge on any atom is -0.497 e. The van der Waals surface area contributed by atoms with Crippen molar-refractivity contribution in [2.45, 2.75) is 61.2 Å². The van der Waals surface area contributed by atoms with Crippen molar-refractivity contribution < 1.29 is 4.74 Å². The molecule has 0 bridgehead atoms. The van der Waals surface area contributed by atoms with Gasteiger partial charge in [-0.05, 0) is 53.6 Å². The number of halogens is 1. The molecule has 160 valence electrons. The molecule has 2 heterocycles. The molecule has 0 atom stereocenters. The van der Waals surface area contributed by atoms with Crippen LogP contribution in [0.25, 0.3) is 11.2 Å². The van der Waals surface area contributed by atoms with Crippen LogP contribution in [0.15, 0.2) is 34.6 Å². The van der Waals surface area contributed by atoms with Gasteiger partial charge in [0, 0.05) is 27.6 Å². The van der Waals surface area contributed by atoms with Gasteiger partial charge < -0.3 is 20.4 Å². The fraction of sp³-hybridized carbons (Fsp3) is 0.476. The number of nitrogen functional groups attached to an aromatic ring is 1. The third-order valence-corrected chi connectivity index (χ3v) is 7.85. The molecule has 1 fully saturated rings. The summed E-state index contributed by atoms with van der Waals surface area (Å²) in [5.74, 6) is 1.24. The van der Waals surface area contributed by atoms with E-state index in [1.54, 1.807) is 18.9 Å². The van der Waals surface area contributed by atoms with Gasteiger partial charge in [0.1, 0.15) is 12.1 Å². The smallest absolute Gasteiger partial charge is 0.175 e. The van der Waals surface area contributed by atoms with Crippen molar-refractivity contribution in [3.8, 4) is 5.75 Å². The second kappa shape index (κ2) is 10.1. The van der Waals surface area contributed by atoms with Crippen LogP contribution in [0.3, 0.4) is 0 Å². The molecule has 1 aromatic carbocycles. The molecule has 0 radical (unpaired) electrons. The van der Waals surface area contributed by atoms with Crippen LogP contribution in [-0.4, -0.2) is 39.2 Å². The molecule has 0 saturated heterocycles. The summed E-state index contributed by atoms with van der Waals surface area (Å²) in [5, 5.41) is 4.61. The van der Waals surface area contributed by atoms with Gasteiger partial charge in [-0.25, -0.2) is 15.0 Å². The number of nitrogens with zero attached hydrogens (tertiary/aromatic N) is 4. The lowest BCUT2D eigenvalue weighted by molar-refractivity contribution is 0.413. The molecule has 1 aliphatic carbocycles. The summed E-state index contributed by atoms with van der Waals surface area (Å²) in [6.45, 7) is 1.66. The first kappa shape index (κ1) is 21.6. The quantitative estimate of drug-likeness (QED) is 0.339. The second-order valence-electron chi connectivity index (χ2n) is 7.52. The molecular formula is C21H27IN6OS. The Balaban J connectivity index is 1.58. The Hall–Kier alpha value is -1.59. The molecule has 3 N–H and O–H groups in total. The van der Waals surface area contributed by atoms with Crippen LogP contribution < -0.4 is 15.8 Å². The molecule has 0 unspecified atom stereocenters. The van der Waals surface area contributed by atoms with Crippen molar-refractivity contribution in [3.63, 3.8) is 0 Å². The molecule has 0 amide bonds. The number of hydrogen-bond acceptors (Lipinski definition) is 7. The number of nitrogens with two attached hydrogens (primary N) is 1. The van der Waals surface area contributed by atoms with E-state index in [1.165, 1.54) is 44.9 Å². The lowest BCUT2D eigenvalue weighted by Gasteiger charge is -2.17. The van der Waals surface area contributed by atoms with E-state index in [0.717, 1.165) is 38.1 Å². The van der Waals surface area contributed by atoms with E-state index in [9.17, 15) is 0 Å². The maximum Gasteiger partial charge on any atom is 0.175 e. The number of ether oxygens (including phenoxy) is 1. The van der Waals surface area contributed by atoms with Gasteiger partial charge >= 0.3 is 0 Å². The summed E-state index contributed by atoms with van der Waals surface area (Å²) < 4.78 is 8.70. The summed E-state index contributed by atoms with van der Waals surface area (Å²) in [6.07, 6.45) is 9.42. The van der Waals surface area contributed by atoms with E-state index >= 15 is 0 Å². The predicted molar refractivity (Wildman–Crippen MR) is 129 cm³/mol. The number of hydrogen-bond donors (Lipinski definition) is 2. The Kier molecular flexibility index (Phi) is 7.32. The number of rotatable bonds is 7. The molecule has 9 heteroatoms. The SMILES string of the molecule is COc1ccc(I)c(Sc2nc3c(N)ncnc3n2CCNC2CCCCCC2)c1. The number of methoxy groups -OCH3 is 1. The number of aromatic nitrogens is 4. The highest BCUT2D eigenvalue weighted by Gasteiger charge is 2.18. The minimum atomic E-state index is 0.415. The van der Waals surface area contributed by atoms with Crippen LogP contribution in [-0.2, 0) is 6.54 Å². The third-order valence-electron chi connectivity index (χ3n) is 5.49. The minimum absolute atomic E-state index is 0.415. The Morgan fingerprint density at radius 2 is 2.03 bits per heavy atom.